The van der Waals surface area contributed by atoms with Crippen molar-refractivity contribution in [1.29, 1.82) is 0 Å². The predicted molar refractivity (Wildman–Crippen MR) is 98.6 cm³/mol. The molecule has 3 atom stereocenters. The fourth-order valence-corrected chi connectivity index (χ4v) is 3.96. The van der Waals surface area contributed by atoms with E-state index in [0.717, 1.165) is 5.69 Å². The molecule has 1 aromatic heterocycles. The Bertz CT molecular complexity index is 834. The maximum atomic E-state index is 12.6. The molecule has 136 valence electrons. The molecule has 0 aliphatic heterocycles. The Morgan fingerprint density at radius 2 is 1.85 bits per heavy atom. The fraction of sp³-hybridized carbons (Fsp3) is 0.333. The van der Waals surface area contributed by atoms with Crippen LogP contribution in [0.1, 0.15) is 38.9 Å². The van der Waals surface area contributed by atoms with E-state index < -0.39 is 17.4 Å². The summed E-state index contributed by atoms with van der Waals surface area (Å²) in [6.07, 6.45) is 1.69. The number of carbonyl (C=O) groups excluding carboxylic acids is 2. The van der Waals surface area contributed by atoms with Crippen molar-refractivity contribution in [3.8, 4) is 0 Å². The van der Waals surface area contributed by atoms with Crippen molar-refractivity contribution in [3.05, 3.63) is 65.8 Å². The van der Waals surface area contributed by atoms with E-state index in [1.807, 2.05) is 30.3 Å². The molecule has 0 spiro atoms. The molecular formula is C21H23NO4. The van der Waals surface area contributed by atoms with Gasteiger partial charge in [-0.2, -0.15) is 0 Å². The van der Waals surface area contributed by atoms with Crippen molar-refractivity contribution < 1.29 is 19.1 Å². The molecule has 0 bridgehead atoms. The number of hydrogen-bond donors (Lipinski definition) is 2. The molecule has 0 fully saturated rings. The van der Waals surface area contributed by atoms with Gasteiger partial charge in [-0.3, -0.25) is 9.59 Å². The van der Waals surface area contributed by atoms with Gasteiger partial charge in [0.2, 0.25) is 0 Å². The van der Waals surface area contributed by atoms with Gasteiger partial charge in [0.25, 0.3) is 0 Å². The van der Waals surface area contributed by atoms with Crippen LogP contribution in [0.3, 0.4) is 0 Å². The van der Waals surface area contributed by atoms with E-state index >= 15 is 0 Å². The Balaban J connectivity index is 2.18. The van der Waals surface area contributed by atoms with Gasteiger partial charge in [0.05, 0.1) is 23.7 Å². The summed E-state index contributed by atoms with van der Waals surface area (Å²) in [5.41, 5.74) is 0.610. The van der Waals surface area contributed by atoms with E-state index in [4.69, 9.17) is 4.42 Å². The molecule has 1 heterocycles. The number of anilines is 1. The zero-order valence-electron chi connectivity index (χ0n) is 15.2. The monoisotopic (exact) mass is 353 g/mol. The molecule has 5 nitrogen and oxygen atoms in total. The second kappa shape index (κ2) is 6.92. The quantitative estimate of drug-likeness (QED) is 0.857. The van der Waals surface area contributed by atoms with E-state index in [1.54, 1.807) is 19.1 Å². The molecule has 5 heteroatoms. The van der Waals surface area contributed by atoms with E-state index in [0.29, 0.717) is 17.0 Å². The SMILES string of the molecule is CC(=O)C1=C(Nc2ccccc2)C[C@@](C)(O)[C@H](C(C)=O)[C@H]1c1ccco1. The largest absolute Gasteiger partial charge is 0.469 e. The molecule has 0 unspecified atom stereocenters. The standard InChI is InChI=1S/C21H23NO4/c1-13(23)18-16(22-15-8-5-4-6-9-15)12-21(3,25)20(14(2)24)19(18)17-10-7-11-26-17/h4-11,19-20,22,25H,12H2,1-3H3/t19-,20+,21+/m0/s1. The number of ketones is 2. The summed E-state index contributed by atoms with van der Waals surface area (Å²) < 4.78 is 5.55. The molecular weight excluding hydrogens is 330 g/mol. The maximum absolute atomic E-state index is 12.6. The van der Waals surface area contributed by atoms with Crippen LogP contribution in [0.5, 0.6) is 0 Å². The number of hydrogen-bond acceptors (Lipinski definition) is 5. The normalized spacial score (nSPS) is 25.8. The highest BCUT2D eigenvalue weighted by atomic mass is 16.3. The number of Topliss-reactive ketones (excluding diaryl/α,β-unsaturated/α-hetero) is 2. The van der Waals surface area contributed by atoms with Crippen LogP contribution in [0, 0.1) is 5.92 Å². The van der Waals surface area contributed by atoms with Crippen LogP contribution in [0.25, 0.3) is 0 Å². The first kappa shape index (κ1) is 18.1. The van der Waals surface area contributed by atoms with E-state index in [9.17, 15) is 14.7 Å². The van der Waals surface area contributed by atoms with Crippen LogP contribution < -0.4 is 5.32 Å². The minimum absolute atomic E-state index is 0.147. The topological polar surface area (TPSA) is 79.5 Å². The third-order valence-corrected chi connectivity index (χ3v) is 4.91. The highest BCUT2D eigenvalue weighted by Crippen LogP contribution is 2.47. The summed E-state index contributed by atoms with van der Waals surface area (Å²) in [5.74, 6) is -1.20. The van der Waals surface area contributed by atoms with Crippen molar-refractivity contribution in [2.75, 3.05) is 5.32 Å². The third-order valence-electron chi connectivity index (χ3n) is 4.91. The number of carbonyl (C=O) groups is 2. The van der Waals surface area contributed by atoms with Gasteiger partial charge in [-0.15, -0.1) is 0 Å². The van der Waals surface area contributed by atoms with Crippen LogP contribution in [0.2, 0.25) is 0 Å². The van der Waals surface area contributed by atoms with Crippen molar-refractivity contribution in [3.63, 3.8) is 0 Å². The Morgan fingerprint density at radius 1 is 1.15 bits per heavy atom. The third kappa shape index (κ3) is 3.35. The van der Waals surface area contributed by atoms with Crippen molar-refractivity contribution in [1.82, 2.24) is 0 Å². The van der Waals surface area contributed by atoms with E-state index in [1.165, 1.54) is 20.1 Å². The lowest BCUT2D eigenvalue weighted by atomic mass is 9.65. The number of furan rings is 1. The molecule has 1 aliphatic rings. The zero-order valence-corrected chi connectivity index (χ0v) is 15.2. The highest BCUT2D eigenvalue weighted by molar-refractivity contribution is 5.98. The second-order valence-electron chi connectivity index (χ2n) is 7.05. The molecule has 1 aliphatic carbocycles. The van der Waals surface area contributed by atoms with Crippen LogP contribution in [0.15, 0.2) is 64.4 Å². The summed E-state index contributed by atoms with van der Waals surface area (Å²) in [7, 11) is 0. The number of benzene rings is 1. The van der Waals surface area contributed by atoms with Crippen LogP contribution in [0.4, 0.5) is 5.69 Å². The Morgan fingerprint density at radius 3 is 2.38 bits per heavy atom. The molecule has 3 rings (SSSR count). The highest BCUT2D eigenvalue weighted by Gasteiger charge is 2.50. The molecule has 1 aromatic carbocycles. The Labute approximate surface area is 152 Å². The summed E-state index contributed by atoms with van der Waals surface area (Å²) in [4.78, 5) is 24.9. The van der Waals surface area contributed by atoms with Gasteiger partial charge in [-0.25, -0.2) is 0 Å². The van der Waals surface area contributed by atoms with Gasteiger partial charge in [0.15, 0.2) is 5.78 Å². The van der Waals surface area contributed by atoms with Gasteiger partial charge >= 0.3 is 0 Å². The van der Waals surface area contributed by atoms with Gasteiger partial charge in [-0.05, 0) is 45.0 Å². The Hall–Kier alpha value is -2.66. The average Bonchev–Trinajstić information content (AvgIpc) is 3.07. The van der Waals surface area contributed by atoms with Gasteiger partial charge in [0, 0.05) is 23.4 Å². The van der Waals surface area contributed by atoms with Crippen LogP contribution in [-0.4, -0.2) is 22.3 Å². The van der Waals surface area contributed by atoms with Crippen LogP contribution >= 0.6 is 0 Å². The lowest BCUT2D eigenvalue weighted by Crippen LogP contribution is -2.48. The molecule has 0 amide bonds. The number of rotatable bonds is 5. The Kier molecular flexibility index (Phi) is 4.83. The first-order chi connectivity index (χ1) is 12.3. The summed E-state index contributed by atoms with van der Waals surface area (Å²) >= 11 is 0. The van der Waals surface area contributed by atoms with Crippen LogP contribution in [-0.2, 0) is 9.59 Å². The van der Waals surface area contributed by atoms with Crippen molar-refractivity contribution in [2.24, 2.45) is 5.92 Å². The number of nitrogens with one attached hydrogen (secondary N) is 1. The minimum Gasteiger partial charge on any atom is -0.469 e. The molecule has 0 saturated carbocycles. The number of allylic oxidation sites excluding steroid dienone is 1. The number of aliphatic hydroxyl groups is 1. The molecule has 2 N–H and O–H groups in total. The summed E-state index contributed by atoms with van der Waals surface area (Å²) in [6.45, 7) is 4.57. The molecule has 2 aromatic rings. The van der Waals surface area contributed by atoms with E-state index in [2.05, 4.69) is 5.32 Å². The lowest BCUT2D eigenvalue weighted by Gasteiger charge is -2.42. The molecule has 26 heavy (non-hydrogen) atoms. The lowest BCUT2D eigenvalue weighted by molar-refractivity contribution is -0.131. The van der Waals surface area contributed by atoms with Gasteiger partial charge < -0.3 is 14.8 Å². The van der Waals surface area contributed by atoms with Gasteiger partial charge in [0.1, 0.15) is 11.5 Å². The van der Waals surface area contributed by atoms with Gasteiger partial charge in [-0.1, -0.05) is 18.2 Å². The smallest absolute Gasteiger partial charge is 0.158 e. The van der Waals surface area contributed by atoms with Crippen molar-refractivity contribution in [2.45, 2.75) is 38.7 Å². The summed E-state index contributed by atoms with van der Waals surface area (Å²) in [6, 6.07) is 12.9. The van der Waals surface area contributed by atoms with Crippen molar-refractivity contribution >= 4 is 17.3 Å². The number of para-hydroxylation sites is 1. The summed E-state index contributed by atoms with van der Waals surface area (Å²) in [5, 5.41) is 14.3. The fourth-order valence-electron chi connectivity index (χ4n) is 3.96. The first-order valence-electron chi connectivity index (χ1n) is 8.63. The predicted octanol–water partition coefficient (Wildman–Crippen LogP) is 3.68. The average molecular weight is 353 g/mol. The first-order valence-corrected chi connectivity index (χ1v) is 8.63. The molecule has 0 radical (unpaired) electrons. The molecule has 0 saturated heterocycles. The maximum Gasteiger partial charge on any atom is 0.158 e. The zero-order chi connectivity index (χ0) is 18.9. The minimum atomic E-state index is -1.31. The second-order valence-corrected chi connectivity index (χ2v) is 7.05. The van der Waals surface area contributed by atoms with E-state index in [-0.39, 0.29) is 18.0 Å².